The molecule has 0 bridgehead atoms. The maximum Gasteiger partial charge on any atom is 0.160 e. The Balaban J connectivity index is 1.20. The van der Waals surface area contributed by atoms with Crippen LogP contribution >= 0.6 is 0 Å². The summed E-state index contributed by atoms with van der Waals surface area (Å²) in [7, 11) is 0. The Kier molecular flexibility index (Phi) is 7.89. The first kappa shape index (κ1) is 30.9. The number of nitrogens with zero attached hydrogens (tertiary/aromatic N) is 3. The van der Waals surface area contributed by atoms with Crippen molar-refractivity contribution in [3.05, 3.63) is 194 Å². The minimum atomic E-state index is 0.686. The van der Waals surface area contributed by atoms with Crippen molar-refractivity contribution in [3.63, 3.8) is 0 Å². The number of fused-ring (bicyclic) bond motifs is 2. The molecule has 0 fully saturated rings. The van der Waals surface area contributed by atoms with Crippen LogP contribution < -0.4 is 0 Å². The normalized spacial score (nSPS) is 11.1. The molecule has 0 unspecified atom stereocenters. The fourth-order valence-electron chi connectivity index (χ4n) is 7.29. The van der Waals surface area contributed by atoms with Gasteiger partial charge in [0.05, 0.1) is 23.0 Å². The van der Waals surface area contributed by atoms with Crippen LogP contribution in [0.4, 0.5) is 0 Å². The van der Waals surface area contributed by atoms with Crippen molar-refractivity contribution in [2.75, 3.05) is 0 Å². The standard InChI is InChI=1S/C49H31N3/c50-32-38-28-29-44(41-21-11-10-20-39(38)41)45-31-30-40(42-22-12-13-23-43(42)45)33-24-26-36(27-25-33)48-46(34-14-4-1-5-15-34)47(35-16-6-2-7-17-35)51-49(52-48)37-18-8-3-9-19-37/h1-31H. The van der Waals surface area contributed by atoms with E-state index in [1.807, 2.05) is 54.6 Å². The Hall–Kier alpha value is -7.15. The van der Waals surface area contributed by atoms with Gasteiger partial charge in [-0.05, 0) is 50.0 Å². The lowest BCUT2D eigenvalue weighted by Crippen LogP contribution is -2.00. The summed E-state index contributed by atoms with van der Waals surface area (Å²) in [4.78, 5) is 10.5. The van der Waals surface area contributed by atoms with E-state index in [1.165, 1.54) is 10.8 Å². The highest BCUT2D eigenvalue weighted by Gasteiger charge is 2.20. The summed E-state index contributed by atoms with van der Waals surface area (Å²) in [5.41, 5.74) is 12.1. The SMILES string of the molecule is N#Cc1ccc(-c2ccc(-c3ccc(-c4nc(-c5ccccc5)nc(-c5ccccc5)c4-c4ccccc4)cc3)c3ccccc23)c2ccccc12. The molecule has 3 nitrogen and oxygen atoms in total. The molecular weight excluding hydrogens is 631 g/mol. The average Bonchev–Trinajstić information content (AvgIpc) is 3.23. The maximum absolute atomic E-state index is 9.77. The van der Waals surface area contributed by atoms with Gasteiger partial charge in [0.15, 0.2) is 5.82 Å². The molecule has 9 rings (SSSR count). The van der Waals surface area contributed by atoms with E-state index in [-0.39, 0.29) is 0 Å². The second-order valence-electron chi connectivity index (χ2n) is 12.8. The molecule has 0 aliphatic carbocycles. The number of hydrogen-bond donors (Lipinski definition) is 0. The molecule has 0 saturated heterocycles. The first-order valence-electron chi connectivity index (χ1n) is 17.4. The molecule has 1 heterocycles. The maximum atomic E-state index is 9.77. The van der Waals surface area contributed by atoms with E-state index in [9.17, 15) is 5.26 Å². The summed E-state index contributed by atoms with van der Waals surface area (Å²) >= 11 is 0. The second-order valence-corrected chi connectivity index (χ2v) is 12.8. The van der Waals surface area contributed by atoms with Crippen molar-refractivity contribution in [2.24, 2.45) is 0 Å². The Bertz CT molecular complexity index is 2770. The van der Waals surface area contributed by atoms with E-state index < -0.39 is 0 Å². The Morgan fingerprint density at radius 1 is 0.327 bits per heavy atom. The van der Waals surface area contributed by atoms with E-state index in [0.29, 0.717) is 11.4 Å². The number of rotatable bonds is 6. The Morgan fingerprint density at radius 3 is 1.31 bits per heavy atom. The number of nitriles is 1. The van der Waals surface area contributed by atoms with E-state index in [1.54, 1.807) is 0 Å². The summed E-state index contributed by atoms with van der Waals surface area (Å²) in [6, 6.07) is 67.4. The summed E-state index contributed by atoms with van der Waals surface area (Å²) in [6.45, 7) is 0. The van der Waals surface area contributed by atoms with Gasteiger partial charge in [0.2, 0.25) is 0 Å². The van der Waals surface area contributed by atoms with Gasteiger partial charge in [-0.3, -0.25) is 0 Å². The third kappa shape index (κ3) is 5.50. The number of benzene rings is 8. The van der Waals surface area contributed by atoms with Gasteiger partial charge in [0, 0.05) is 27.6 Å². The molecule has 9 aromatic rings. The third-order valence-electron chi connectivity index (χ3n) is 9.78. The van der Waals surface area contributed by atoms with Crippen molar-refractivity contribution in [1.29, 1.82) is 5.26 Å². The van der Waals surface area contributed by atoms with Crippen LogP contribution in [-0.4, -0.2) is 9.97 Å². The van der Waals surface area contributed by atoms with Gasteiger partial charge in [0.1, 0.15) is 0 Å². The predicted molar refractivity (Wildman–Crippen MR) is 214 cm³/mol. The molecule has 8 aromatic carbocycles. The summed E-state index contributed by atoms with van der Waals surface area (Å²) in [5.74, 6) is 0.690. The first-order chi connectivity index (χ1) is 25.8. The van der Waals surface area contributed by atoms with E-state index >= 15 is 0 Å². The van der Waals surface area contributed by atoms with E-state index in [2.05, 4.69) is 140 Å². The predicted octanol–water partition coefficient (Wildman–Crippen LogP) is 12.7. The van der Waals surface area contributed by atoms with E-state index in [0.717, 1.165) is 72.2 Å². The molecule has 0 amide bonds. The van der Waals surface area contributed by atoms with Gasteiger partial charge >= 0.3 is 0 Å². The molecule has 0 saturated carbocycles. The molecule has 0 aliphatic heterocycles. The van der Waals surface area contributed by atoms with Gasteiger partial charge in [-0.2, -0.15) is 5.26 Å². The van der Waals surface area contributed by atoms with Crippen molar-refractivity contribution < 1.29 is 0 Å². The van der Waals surface area contributed by atoms with Gasteiger partial charge in [-0.25, -0.2) is 9.97 Å². The Morgan fingerprint density at radius 2 is 0.731 bits per heavy atom. The van der Waals surface area contributed by atoms with Gasteiger partial charge in [0.25, 0.3) is 0 Å². The minimum absolute atomic E-state index is 0.686. The molecule has 0 radical (unpaired) electrons. The van der Waals surface area contributed by atoms with Crippen LogP contribution in [-0.2, 0) is 0 Å². The monoisotopic (exact) mass is 661 g/mol. The van der Waals surface area contributed by atoms with Crippen LogP contribution in [0.1, 0.15) is 5.56 Å². The summed E-state index contributed by atoms with van der Waals surface area (Å²) in [6.07, 6.45) is 0. The molecule has 242 valence electrons. The molecule has 0 spiro atoms. The Labute approximate surface area is 302 Å². The molecular formula is C49H31N3. The van der Waals surface area contributed by atoms with Crippen LogP contribution in [0.5, 0.6) is 0 Å². The topological polar surface area (TPSA) is 49.6 Å². The van der Waals surface area contributed by atoms with Crippen molar-refractivity contribution in [2.45, 2.75) is 0 Å². The van der Waals surface area contributed by atoms with Crippen LogP contribution in [0.2, 0.25) is 0 Å². The minimum Gasteiger partial charge on any atom is -0.227 e. The lowest BCUT2D eigenvalue weighted by molar-refractivity contribution is 1.18. The molecule has 0 aliphatic rings. The molecule has 3 heteroatoms. The van der Waals surface area contributed by atoms with Gasteiger partial charge in [-0.15, -0.1) is 0 Å². The smallest absolute Gasteiger partial charge is 0.160 e. The highest BCUT2D eigenvalue weighted by molar-refractivity contribution is 6.10. The zero-order valence-corrected chi connectivity index (χ0v) is 28.2. The van der Waals surface area contributed by atoms with Crippen LogP contribution in [0.15, 0.2) is 188 Å². The van der Waals surface area contributed by atoms with Crippen molar-refractivity contribution in [3.8, 4) is 73.4 Å². The molecule has 0 N–H and O–H groups in total. The van der Waals surface area contributed by atoms with Crippen LogP contribution in [0.25, 0.3) is 88.8 Å². The van der Waals surface area contributed by atoms with Crippen molar-refractivity contribution in [1.82, 2.24) is 9.97 Å². The zero-order chi connectivity index (χ0) is 34.9. The largest absolute Gasteiger partial charge is 0.227 e. The van der Waals surface area contributed by atoms with Gasteiger partial charge < -0.3 is 0 Å². The zero-order valence-electron chi connectivity index (χ0n) is 28.2. The second kappa shape index (κ2) is 13.3. The lowest BCUT2D eigenvalue weighted by Gasteiger charge is -2.17. The van der Waals surface area contributed by atoms with Gasteiger partial charge in [-0.1, -0.05) is 182 Å². The average molecular weight is 662 g/mol. The summed E-state index contributed by atoms with van der Waals surface area (Å²) in [5, 5.41) is 14.2. The number of aromatic nitrogens is 2. The highest BCUT2D eigenvalue weighted by Crippen LogP contribution is 2.42. The molecule has 52 heavy (non-hydrogen) atoms. The lowest BCUT2D eigenvalue weighted by atomic mass is 9.88. The number of hydrogen-bond acceptors (Lipinski definition) is 3. The quantitative estimate of drug-likeness (QED) is 0.178. The van der Waals surface area contributed by atoms with E-state index in [4.69, 9.17) is 9.97 Å². The fraction of sp³-hybridized carbons (Fsp3) is 0. The molecule has 1 aromatic heterocycles. The summed E-state index contributed by atoms with van der Waals surface area (Å²) < 4.78 is 0. The fourth-order valence-corrected chi connectivity index (χ4v) is 7.29. The molecule has 0 atom stereocenters. The van der Waals surface area contributed by atoms with Crippen LogP contribution in [0, 0.1) is 11.3 Å². The third-order valence-corrected chi connectivity index (χ3v) is 9.78. The van der Waals surface area contributed by atoms with Crippen LogP contribution in [0.3, 0.4) is 0 Å². The van der Waals surface area contributed by atoms with Crippen molar-refractivity contribution >= 4 is 21.5 Å². The first-order valence-corrected chi connectivity index (χ1v) is 17.4. The highest BCUT2D eigenvalue weighted by atomic mass is 14.9.